The Morgan fingerprint density at radius 3 is 2.71 bits per heavy atom. The molecule has 6 nitrogen and oxygen atoms in total. The summed E-state index contributed by atoms with van der Waals surface area (Å²) in [5.41, 5.74) is 2.08. The first-order valence-electron chi connectivity index (χ1n) is 5.33. The van der Waals surface area contributed by atoms with Crippen LogP contribution in [0.1, 0.15) is 21.7 Å². The molecule has 2 rings (SSSR count). The second kappa shape index (κ2) is 4.40. The van der Waals surface area contributed by atoms with Crippen LogP contribution in [0.15, 0.2) is 18.5 Å². The number of nitrogens with zero attached hydrogens (tertiary/aromatic N) is 4. The Bertz CT molecular complexity index is 528. The van der Waals surface area contributed by atoms with Gasteiger partial charge in [0.2, 0.25) is 0 Å². The van der Waals surface area contributed by atoms with Crippen LogP contribution < -0.4 is 0 Å². The number of carboxylic acid groups (broad SMARTS) is 1. The number of carboxylic acids is 1. The van der Waals surface area contributed by atoms with Gasteiger partial charge in [-0.15, -0.1) is 5.10 Å². The monoisotopic (exact) mass is 234 g/mol. The molecular weight excluding hydrogens is 220 g/mol. The molecule has 6 heteroatoms. The van der Waals surface area contributed by atoms with Crippen molar-refractivity contribution < 1.29 is 9.90 Å². The highest BCUT2D eigenvalue weighted by molar-refractivity contribution is 5.89. The highest BCUT2D eigenvalue weighted by Gasteiger charge is 2.14. The van der Waals surface area contributed by atoms with E-state index in [1.165, 1.54) is 0 Å². The van der Waals surface area contributed by atoms with Gasteiger partial charge in [-0.1, -0.05) is 5.21 Å². The van der Waals surface area contributed by atoms with Gasteiger partial charge in [-0.05, 0) is 19.9 Å². The molecule has 2 heterocycles. The van der Waals surface area contributed by atoms with Gasteiger partial charge in [0.1, 0.15) is 0 Å². The van der Waals surface area contributed by atoms with Crippen LogP contribution in [0, 0.1) is 13.8 Å². The molecule has 0 aliphatic heterocycles. The lowest BCUT2D eigenvalue weighted by Gasteiger charge is -2.08. The molecule has 17 heavy (non-hydrogen) atoms. The molecule has 0 saturated carbocycles. The van der Waals surface area contributed by atoms with E-state index in [9.17, 15) is 4.79 Å². The van der Waals surface area contributed by atoms with Crippen LogP contribution in [0.5, 0.6) is 0 Å². The molecule has 0 unspecified atom stereocenters. The summed E-state index contributed by atoms with van der Waals surface area (Å²) in [4.78, 5) is 11.0. The minimum Gasteiger partial charge on any atom is -0.478 e. The van der Waals surface area contributed by atoms with E-state index in [1.807, 2.05) is 18.4 Å². The third-order valence-electron chi connectivity index (χ3n) is 2.83. The van der Waals surface area contributed by atoms with Crippen LogP contribution in [0.25, 0.3) is 0 Å². The Kier molecular flexibility index (Phi) is 2.95. The van der Waals surface area contributed by atoms with E-state index in [0.29, 0.717) is 18.7 Å². The zero-order chi connectivity index (χ0) is 12.4. The summed E-state index contributed by atoms with van der Waals surface area (Å²) in [6.07, 6.45) is 3.41. The number of aromatic nitrogens is 4. The number of hydrogen-bond donors (Lipinski definition) is 1. The van der Waals surface area contributed by atoms with Gasteiger partial charge in [0.05, 0.1) is 18.3 Å². The van der Waals surface area contributed by atoms with E-state index < -0.39 is 5.97 Å². The summed E-state index contributed by atoms with van der Waals surface area (Å²) in [6.45, 7) is 5.09. The lowest BCUT2D eigenvalue weighted by Crippen LogP contribution is -2.11. The van der Waals surface area contributed by atoms with Crippen molar-refractivity contribution in [3.8, 4) is 0 Å². The average Bonchev–Trinajstić information content (AvgIpc) is 2.86. The zero-order valence-electron chi connectivity index (χ0n) is 9.79. The maximum Gasteiger partial charge on any atom is 0.337 e. The van der Waals surface area contributed by atoms with Gasteiger partial charge in [-0.2, -0.15) is 0 Å². The first-order chi connectivity index (χ1) is 8.09. The Balaban J connectivity index is 2.18. The molecule has 0 spiro atoms. The van der Waals surface area contributed by atoms with E-state index in [2.05, 4.69) is 10.3 Å². The minimum absolute atomic E-state index is 0.362. The van der Waals surface area contributed by atoms with Gasteiger partial charge < -0.3 is 9.67 Å². The number of rotatable bonds is 4. The van der Waals surface area contributed by atoms with Crippen molar-refractivity contribution in [3.05, 3.63) is 35.4 Å². The predicted molar refractivity (Wildman–Crippen MR) is 60.9 cm³/mol. The molecule has 1 N–H and O–H groups in total. The average molecular weight is 234 g/mol. The van der Waals surface area contributed by atoms with Crippen LogP contribution in [0.3, 0.4) is 0 Å². The standard InChI is InChI=1S/C11H14N4O2/c1-8-7-10(11(16)17)9(2)15(8)6-5-14-4-3-12-13-14/h3-4,7H,5-6H2,1-2H3,(H,16,17). The molecule has 0 aromatic carbocycles. The van der Waals surface area contributed by atoms with E-state index >= 15 is 0 Å². The lowest BCUT2D eigenvalue weighted by molar-refractivity contribution is 0.0696. The van der Waals surface area contributed by atoms with Gasteiger partial charge in [-0.25, -0.2) is 4.79 Å². The van der Waals surface area contributed by atoms with Gasteiger partial charge in [-0.3, -0.25) is 4.68 Å². The van der Waals surface area contributed by atoms with Crippen LogP contribution in [-0.2, 0) is 13.1 Å². The summed E-state index contributed by atoms with van der Waals surface area (Å²) >= 11 is 0. The Morgan fingerprint density at radius 1 is 1.41 bits per heavy atom. The Labute approximate surface area is 98.5 Å². The Morgan fingerprint density at radius 2 is 2.18 bits per heavy atom. The largest absolute Gasteiger partial charge is 0.478 e. The molecule has 90 valence electrons. The second-order valence-corrected chi connectivity index (χ2v) is 3.91. The highest BCUT2D eigenvalue weighted by atomic mass is 16.4. The van der Waals surface area contributed by atoms with E-state index in [0.717, 1.165) is 11.4 Å². The molecule has 0 amide bonds. The molecule has 0 aliphatic rings. The number of aryl methyl sites for hydroxylation is 2. The van der Waals surface area contributed by atoms with Crippen molar-refractivity contribution in [2.45, 2.75) is 26.9 Å². The highest BCUT2D eigenvalue weighted by Crippen LogP contribution is 2.15. The van der Waals surface area contributed by atoms with Crippen LogP contribution in [0.2, 0.25) is 0 Å². The fourth-order valence-corrected chi connectivity index (χ4v) is 1.92. The smallest absolute Gasteiger partial charge is 0.337 e. The molecule has 0 bridgehead atoms. The van der Waals surface area contributed by atoms with Crippen molar-refractivity contribution in [1.29, 1.82) is 0 Å². The second-order valence-electron chi connectivity index (χ2n) is 3.91. The van der Waals surface area contributed by atoms with E-state index in [-0.39, 0.29) is 0 Å². The summed E-state index contributed by atoms with van der Waals surface area (Å²) in [5, 5.41) is 16.6. The predicted octanol–water partition coefficient (Wildman–Crippen LogP) is 1.09. The summed E-state index contributed by atoms with van der Waals surface area (Å²) in [6, 6.07) is 1.69. The van der Waals surface area contributed by atoms with Crippen molar-refractivity contribution in [3.63, 3.8) is 0 Å². The molecule has 0 radical (unpaired) electrons. The lowest BCUT2D eigenvalue weighted by atomic mass is 10.2. The first-order valence-corrected chi connectivity index (χ1v) is 5.33. The van der Waals surface area contributed by atoms with Crippen molar-refractivity contribution in [2.24, 2.45) is 0 Å². The normalized spacial score (nSPS) is 10.7. The van der Waals surface area contributed by atoms with Gasteiger partial charge in [0.15, 0.2) is 0 Å². The Hall–Kier alpha value is -2.11. The molecule has 0 fully saturated rings. The van der Waals surface area contributed by atoms with Gasteiger partial charge >= 0.3 is 5.97 Å². The maximum absolute atomic E-state index is 11.0. The zero-order valence-corrected chi connectivity index (χ0v) is 9.79. The van der Waals surface area contributed by atoms with E-state index in [4.69, 9.17) is 5.11 Å². The van der Waals surface area contributed by atoms with Crippen LogP contribution in [0.4, 0.5) is 0 Å². The SMILES string of the molecule is Cc1cc(C(=O)O)c(C)n1CCn1ccnn1. The third kappa shape index (κ3) is 2.20. The summed E-state index contributed by atoms with van der Waals surface area (Å²) in [5.74, 6) is -0.884. The van der Waals surface area contributed by atoms with E-state index in [1.54, 1.807) is 23.1 Å². The third-order valence-corrected chi connectivity index (χ3v) is 2.83. The molecule has 0 aliphatic carbocycles. The molecular formula is C11H14N4O2. The molecule has 0 saturated heterocycles. The van der Waals surface area contributed by atoms with Crippen molar-refractivity contribution >= 4 is 5.97 Å². The molecule has 2 aromatic heterocycles. The quantitative estimate of drug-likeness (QED) is 0.859. The van der Waals surface area contributed by atoms with Crippen molar-refractivity contribution in [1.82, 2.24) is 19.6 Å². The number of aromatic carboxylic acids is 1. The topological polar surface area (TPSA) is 72.9 Å². The van der Waals surface area contributed by atoms with Crippen LogP contribution >= 0.6 is 0 Å². The molecule has 0 atom stereocenters. The van der Waals surface area contributed by atoms with Gasteiger partial charge in [0.25, 0.3) is 0 Å². The minimum atomic E-state index is -0.884. The molecule has 2 aromatic rings. The first kappa shape index (κ1) is 11.4. The van der Waals surface area contributed by atoms with Crippen LogP contribution in [-0.4, -0.2) is 30.6 Å². The fourth-order valence-electron chi connectivity index (χ4n) is 1.92. The number of carbonyl (C=O) groups is 1. The number of hydrogen-bond acceptors (Lipinski definition) is 3. The maximum atomic E-state index is 11.0. The summed E-state index contributed by atoms with van der Waals surface area (Å²) in [7, 11) is 0. The fraction of sp³-hybridized carbons (Fsp3) is 0.364. The van der Waals surface area contributed by atoms with Crippen molar-refractivity contribution in [2.75, 3.05) is 0 Å². The summed E-state index contributed by atoms with van der Waals surface area (Å²) < 4.78 is 3.70. The van der Waals surface area contributed by atoms with Gasteiger partial charge in [0, 0.05) is 24.1 Å².